The molecule has 1 aromatic heterocycles. The topological polar surface area (TPSA) is 64.7 Å². The van der Waals surface area contributed by atoms with Crippen LogP contribution in [0.3, 0.4) is 0 Å². The average Bonchev–Trinajstić information content (AvgIpc) is 2.84. The largest absolute Gasteiger partial charge is 0.390 e. The van der Waals surface area contributed by atoms with Crippen LogP contribution in [0.2, 0.25) is 4.34 Å². The van der Waals surface area contributed by atoms with E-state index in [4.69, 9.17) is 22.2 Å². The van der Waals surface area contributed by atoms with E-state index in [1.807, 2.05) is 30.3 Å². The van der Waals surface area contributed by atoms with Crippen molar-refractivity contribution in [3.63, 3.8) is 0 Å². The monoisotopic (exact) mass is 292 g/mol. The third kappa shape index (κ3) is 2.22. The van der Waals surface area contributed by atoms with E-state index in [-0.39, 0.29) is 5.71 Å². The van der Waals surface area contributed by atoms with Crippen LogP contribution in [0.5, 0.6) is 0 Å². The van der Waals surface area contributed by atoms with Gasteiger partial charge in [0, 0.05) is 16.0 Å². The molecule has 1 aromatic carbocycles. The Morgan fingerprint density at radius 1 is 1.37 bits per heavy atom. The minimum Gasteiger partial charge on any atom is -0.390 e. The lowest BCUT2D eigenvalue weighted by Gasteiger charge is -2.15. The smallest absolute Gasteiger partial charge is 0.271 e. The number of carbonyl (C=O) groups excluding carboxylic acids is 1. The van der Waals surface area contributed by atoms with E-state index >= 15 is 0 Å². The van der Waals surface area contributed by atoms with Crippen LogP contribution in [0.25, 0.3) is 10.4 Å². The van der Waals surface area contributed by atoms with Gasteiger partial charge in [-0.25, -0.2) is 0 Å². The van der Waals surface area contributed by atoms with Crippen molar-refractivity contribution in [2.75, 3.05) is 0 Å². The van der Waals surface area contributed by atoms with E-state index in [1.54, 1.807) is 0 Å². The maximum absolute atomic E-state index is 11.3. The molecule has 0 saturated carbocycles. The first kappa shape index (κ1) is 12.2. The molecule has 0 atom stereocenters. The third-order valence-corrected chi connectivity index (χ3v) is 4.11. The average molecular weight is 293 g/mol. The van der Waals surface area contributed by atoms with Gasteiger partial charge in [0.15, 0.2) is 5.71 Å². The number of nitrogens with zero attached hydrogens (tertiary/aromatic N) is 1. The molecule has 0 radical (unpaired) electrons. The van der Waals surface area contributed by atoms with Crippen molar-refractivity contribution < 1.29 is 9.63 Å². The molecule has 2 aromatic rings. The number of carbonyl (C=O) groups is 1. The quantitative estimate of drug-likeness (QED) is 0.925. The number of hydrogen-bond donors (Lipinski definition) is 1. The van der Waals surface area contributed by atoms with Crippen molar-refractivity contribution in [1.82, 2.24) is 0 Å². The summed E-state index contributed by atoms with van der Waals surface area (Å²) < 4.78 is 0.739. The number of amides is 1. The molecular formula is C13H9ClN2O2S. The van der Waals surface area contributed by atoms with Crippen molar-refractivity contribution in [1.29, 1.82) is 0 Å². The molecule has 0 fully saturated rings. The molecule has 6 heteroatoms. The highest BCUT2D eigenvalue weighted by molar-refractivity contribution is 7.19. The lowest BCUT2D eigenvalue weighted by Crippen LogP contribution is -2.27. The first-order chi connectivity index (χ1) is 9.15. The summed E-state index contributed by atoms with van der Waals surface area (Å²) in [5.41, 5.74) is 8.09. The summed E-state index contributed by atoms with van der Waals surface area (Å²) in [4.78, 5) is 17.4. The van der Waals surface area contributed by atoms with Gasteiger partial charge in [0.2, 0.25) is 0 Å². The fourth-order valence-corrected chi connectivity index (χ4v) is 3.00. The number of fused-ring (bicyclic) bond motifs is 1. The highest BCUT2D eigenvalue weighted by Gasteiger charge is 2.20. The van der Waals surface area contributed by atoms with Gasteiger partial charge in [-0.2, -0.15) is 0 Å². The van der Waals surface area contributed by atoms with E-state index in [1.165, 1.54) is 11.3 Å². The second kappa shape index (κ2) is 4.68. The Balaban J connectivity index is 2.06. The lowest BCUT2D eigenvalue weighted by molar-refractivity contribution is -0.112. The van der Waals surface area contributed by atoms with Crippen molar-refractivity contribution in [3.8, 4) is 10.4 Å². The van der Waals surface area contributed by atoms with Gasteiger partial charge in [0.25, 0.3) is 5.91 Å². The van der Waals surface area contributed by atoms with Crippen LogP contribution in [-0.4, -0.2) is 11.6 Å². The molecule has 96 valence electrons. The highest BCUT2D eigenvalue weighted by Crippen LogP contribution is 2.32. The van der Waals surface area contributed by atoms with E-state index in [0.29, 0.717) is 6.61 Å². The van der Waals surface area contributed by atoms with E-state index < -0.39 is 5.91 Å². The van der Waals surface area contributed by atoms with Crippen LogP contribution >= 0.6 is 22.9 Å². The Bertz CT molecular complexity index is 694. The number of thiophene rings is 1. The Labute approximate surface area is 118 Å². The Morgan fingerprint density at radius 2 is 2.21 bits per heavy atom. The fraction of sp³-hybridized carbons (Fsp3) is 0.0769. The van der Waals surface area contributed by atoms with Gasteiger partial charge in [-0.05, 0) is 23.8 Å². The number of benzene rings is 1. The molecule has 1 aliphatic rings. The molecule has 1 amide bonds. The van der Waals surface area contributed by atoms with Crippen LogP contribution in [0.1, 0.15) is 11.1 Å². The number of nitrogens with two attached hydrogens (primary N) is 1. The molecule has 0 unspecified atom stereocenters. The SMILES string of the molecule is NC(=O)C1=NOCc2cc(-c3ccc(Cl)s3)ccc21. The van der Waals surface area contributed by atoms with Crippen molar-refractivity contribution in [2.24, 2.45) is 10.9 Å². The van der Waals surface area contributed by atoms with Crippen LogP contribution in [0, 0.1) is 0 Å². The summed E-state index contributed by atoms with van der Waals surface area (Å²) in [5, 5.41) is 3.70. The minimum atomic E-state index is -0.590. The van der Waals surface area contributed by atoms with E-state index in [2.05, 4.69) is 5.16 Å². The summed E-state index contributed by atoms with van der Waals surface area (Å²) in [6.45, 7) is 0.332. The molecule has 1 aliphatic heterocycles. The fourth-order valence-electron chi connectivity index (χ4n) is 1.96. The third-order valence-electron chi connectivity index (χ3n) is 2.83. The predicted octanol–water partition coefficient (Wildman–Crippen LogP) is 2.79. The van der Waals surface area contributed by atoms with Gasteiger partial charge in [-0.3, -0.25) is 4.79 Å². The number of primary amides is 1. The van der Waals surface area contributed by atoms with Crippen LogP contribution < -0.4 is 5.73 Å². The number of oxime groups is 1. The first-order valence-corrected chi connectivity index (χ1v) is 6.73. The Morgan fingerprint density at radius 3 is 2.89 bits per heavy atom. The number of halogens is 1. The minimum absolute atomic E-state index is 0.164. The van der Waals surface area contributed by atoms with E-state index in [9.17, 15) is 4.79 Å². The molecule has 4 nitrogen and oxygen atoms in total. The van der Waals surface area contributed by atoms with Crippen molar-refractivity contribution in [2.45, 2.75) is 6.61 Å². The summed E-state index contributed by atoms with van der Waals surface area (Å²) in [5.74, 6) is -0.590. The second-order valence-corrected chi connectivity index (χ2v) is 5.77. The summed E-state index contributed by atoms with van der Waals surface area (Å²) in [7, 11) is 0. The lowest BCUT2D eigenvalue weighted by atomic mass is 9.99. The molecule has 19 heavy (non-hydrogen) atoms. The standard InChI is InChI=1S/C13H9ClN2O2S/c14-11-4-3-10(19-11)7-1-2-9-8(5-7)6-18-16-12(9)13(15)17/h1-5H,6H2,(H2,15,17). The van der Waals surface area contributed by atoms with Gasteiger partial charge in [-0.1, -0.05) is 28.9 Å². The van der Waals surface area contributed by atoms with Gasteiger partial charge in [-0.15, -0.1) is 11.3 Å². The summed E-state index contributed by atoms with van der Waals surface area (Å²) >= 11 is 7.43. The number of rotatable bonds is 2. The molecule has 0 spiro atoms. The summed E-state index contributed by atoms with van der Waals surface area (Å²) in [6, 6.07) is 9.54. The zero-order chi connectivity index (χ0) is 13.4. The molecule has 0 aliphatic carbocycles. The molecule has 2 N–H and O–H groups in total. The van der Waals surface area contributed by atoms with Crippen LogP contribution in [0.4, 0.5) is 0 Å². The molecule has 3 rings (SSSR count). The Hall–Kier alpha value is -1.85. The Kier molecular flexibility index (Phi) is 3.00. The number of hydrogen-bond acceptors (Lipinski definition) is 4. The van der Waals surface area contributed by atoms with Gasteiger partial charge in [0.1, 0.15) is 6.61 Å². The zero-order valence-electron chi connectivity index (χ0n) is 9.72. The van der Waals surface area contributed by atoms with Crippen LogP contribution in [-0.2, 0) is 16.2 Å². The molecule has 0 saturated heterocycles. The van der Waals surface area contributed by atoms with Gasteiger partial charge < -0.3 is 10.6 Å². The zero-order valence-corrected chi connectivity index (χ0v) is 11.3. The highest BCUT2D eigenvalue weighted by atomic mass is 35.5. The maximum atomic E-state index is 11.3. The van der Waals surface area contributed by atoms with Crippen molar-refractivity contribution in [3.05, 3.63) is 45.8 Å². The van der Waals surface area contributed by atoms with Crippen molar-refractivity contribution >= 4 is 34.6 Å². The first-order valence-electron chi connectivity index (χ1n) is 5.54. The maximum Gasteiger partial charge on any atom is 0.271 e. The molecular weight excluding hydrogens is 284 g/mol. The molecule has 2 heterocycles. The van der Waals surface area contributed by atoms with Crippen LogP contribution in [0.15, 0.2) is 35.5 Å². The molecule has 0 bridgehead atoms. The second-order valence-electron chi connectivity index (χ2n) is 4.05. The summed E-state index contributed by atoms with van der Waals surface area (Å²) in [6.07, 6.45) is 0. The van der Waals surface area contributed by atoms with Gasteiger partial charge >= 0.3 is 0 Å². The van der Waals surface area contributed by atoms with Gasteiger partial charge in [0.05, 0.1) is 4.34 Å². The normalized spacial score (nSPS) is 13.4. The van der Waals surface area contributed by atoms with E-state index in [0.717, 1.165) is 25.9 Å². The predicted molar refractivity (Wildman–Crippen MR) is 75.3 cm³/mol.